The molecular formula is C7H12ClNO3. The van der Waals surface area contributed by atoms with Gasteiger partial charge in [0.15, 0.2) is 0 Å². The lowest BCUT2D eigenvalue weighted by Crippen LogP contribution is -2.34. The minimum Gasteiger partial charge on any atom is -0.444 e. The van der Waals surface area contributed by atoms with E-state index in [9.17, 15) is 9.59 Å². The fourth-order valence-electron chi connectivity index (χ4n) is 0.456. The van der Waals surface area contributed by atoms with E-state index in [1.807, 2.05) is 0 Å². The average molecular weight is 194 g/mol. The molecule has 0 spiro atoms. The molecule has 70 valence electrons. The highest BCUT2D eigenvalue weighted by Gasteiger charge is 2.15. The van der Waals surface area contributed by atoms with E-state index < -0.39 is 16.9 Å². The van der Waals surface area contributed by atoms with Gasteiger partial charge in [-0.2, -0.15) is 0 Å². The van der Waals surface area contributed by atoms with Crippen molar-refractivity contribution in [1.82, 2.24) is 5.32 Å². The predicted molar refractivity (Wildman–Crippen MR) is 45.1 cm³/mol. The van der Waals surface area contributed by atoms with Crippen LogP contribution in [-0.4, -0.2) is 23.5 Å². The van der Waals surface area contributed by atoms with Crippen LogP contribution in [0.3, 0.4) is 0 Å². The Bertz CT molecular complexity index is 186. The number of carbonyl (C=O) groups excluding carboxylic acids is 2. The summed E-state index contributed by atoms with van der Waals surface area (Å²) < 4.78 is 4.83. The van der Waals surface area contributed by atoms with Crippen molar-refractivity contribution in [3.63, 3.8) is 0 Å². The summed E-state index contributed by atoms with van der Waals surface area (Å²) >= 11 is 4.98. The Morgan fingerprint density at radius 1 is 1.42 bits per heavy atom. The molecule has 0 bridgehead atoms. The molecule has 12 heavy (non-hydrogen) atoms. The molecule has 0 saturated heterocycles. The third kappa shape index (κ3) is 7.34. The van der Waals surface area contributed by atoms with Gasteiger partial charge in [0, 0.05) is 0 Å². The van der Waals surface area contributed by atoms with E-state index in [4.69, 9.17) is 16.3 Å². The lowest BCUT2D eigenvalue weighted by atomic mass is 10.2. The third-order valence-electron chi connectivity index (χ3n) is 0.771. The molecule has 0 unspecified atom stereocenters. The van der Waals surface area contributed by atoms with Gasteiger partial charge in [-0.05, 0) is 32.4 Å². The topological polar surface area (TPSA) is 55.4 Å². The lowest BCUT2D eigenvalue weighted by molar-refractivity contribution is -0.111. The highest BCUT2D eigenvalue weighted by Crippen LogP contribution is 2.05. The number of carbonyl (C=O) groups is 2. The molecule has 0 fully saturated rings. The van der Waals surface area contributed by atoms with Crippen LogP contribution in [0.1, 0.15) is 20.8 Å². The Morgan fingerprint density at radius 3 is 2.25 bits per heavy atom. The molecule has 0 rings (SSSR count). The zero-order valence-electron chi connectivity index (χ0n) is 7.31. The van der Waals surface area contributed by atoms with Crippen molar-refractivity contribution in [2.75, 3.05) is 6.54 Å². The van der Waals surface area contributed by atoms with Gasteiger partial charge in [0.2, 0.25) is 5.24 Å². The number of halogens is 1. The first-order valence-electron chi connectivity index (χ1n) is 3.46. The van der Waals surface area contributed by atoms with Gasteiger partial charge >= 0.3 is 6.09 Å². The molecule has 0 aromatic carbocycles. The minimum absolute atomic E-state index is 0.212. The zero-order chi connectivity index (χ0) is 9.78. The van der Waals surface area contributed by atoms with Gasteiger partial charge in [-0.3, -0.25) is 4.79 Å². The maximum Gasteiger partial charge on any atom is 0.408 e. The number of nitrogens with one attached hydrogen (secondary N) is 1. The summed E-state index contributed by atoms with van der Waals surface area (Å²) in [5.74, 6) is 0. The first kappa shape index (κ1) is 11.2. The zero-order valence-corrected chi connectivity index (χ0v) is 8.07. The van der Waals surface area contributed by atoms with E-state index in [1.165, 1.54) is 0 Å². The summed E-state index contributed by atoms with van der Waals surface area (Å²) in [6, 6.07) is 0. The van der Waals surface area contributed by atoms with Crippen LogP contribution in [0.4, 0.5) is 4.79 Å². The van der Waals surface area contributed by atoms with Crippen LogP contribution < -0.4 is 5.32 Å². The quantitative estimate of drug-likeness (QED) is 0.673. The standard InChI is InChI=1S/C7H12ClNO3/c1-7(2,3)12-6(11)9-4-5(8)10/h4H2,1-3H3,(H,9,11). The second-order valence-electron chi connectivity index (χ2n) is 3.21. The maximum absolute atomic E-state index is 10.8. The largest absolute Gasteiger partial charge is 0.444 e. The van der Waals surface area contributed by atoms with E-state index in [-0.39, 0.29) is 6.54 Å². The van der Waals surface area contributed by atoms with Gasteiger partial charge in [0.05, 0.1) is 6.54 Å². The molecule has 1 amide bonds. The van der Waals surface area contributed by atoms with Crippen LogP contribution in [0.2, 0.25) is 0 Å². The second-order valence-corrected chi connectivity index (χ2v) is 3.63. The van der Waals surface area contributed by atoms with Crippen molar-refractivity contribution in [1.29, 1.82) is 0 Å². The summed E-state index contributed by atoms with van der Waals surface area (Å²) in [6.45, 7) is 4.98. The van der Waals surface area contributed by atoms with E-state index in [2.05, 4.69) is 5.32 Å². The summed E-state index contributed by atoms with van der Waals surface area (Å²) in [6.07, 6.45) is -0.642. The van der Waals surface area contributed by atoms with E-state index in [1.54, 1.807) is 20.8 Å². The third-order valence-corrected chi connectivity index (χ3v) is 0.904. The normalized spacial score (nSPS) is 10.7. The number of amides is 1. The molecule has 0 aliphatic rings. The van der Waals surface area contributed by atoms with Gasteiger partial charge < -0.3 is 10.1 Å². The Kier molecular flexibility index (Phi) is 4.03. The van der Waals surface area contributed by atoms with Crippen LogP contribution in [0.25, 0.3) is 0 Å². The highest BCUT2D eigenvalue weighted by atomic mass is 35.5. The molecule has 5 heteroatoms. The average Bonchev–Trinajstić information content (AvgIpc) is 1.79. The minimum atomic E-state index is -0.642. The Morgan fingerprint density at radius 2 is 1.92 bits per heavy atom. The fourth-order valence-corrected chi connectivity index (χ4v) is 0.523. The predicted octanol–water partition coefficient (Wildman–Crippen LogP) is 1.28. The van der Waals surface area contributed by atoms with Crippen molar-refractivity contribution in [2.24, 2.45) is 0 Å². The van der Waals surface area contributed by atoms with Gasteiger partial charge in [0.1, 0.15) is 5.60 Å². The van der Waals surface area contributed by atoms with Gasteiger partial charge in [-0.25, -0.2) is 4.79 Å². The van der Waals surface area contributed by atoms with Gasteiger partial charge in [-0.1, -0.05) is 0 Å². The summed E-state index contributed by atoms with van der Waals surface area (Å²) in [7, 11) is 0. The van der Waals surface area contributed by atoms with Crippen LogP contribution in [0.5, 0.6) is 0 Å². The molecule has 0 saturated carbocycles. The summed E-state index contributed by atoms with van der Waals surface area (Å²) in [5.41, 5.74) is -0.556. The molecule has 0 atom stereocenters. The smallest absolute Gasteiger partial charge is 0.408 e. The molecule has 0 aliphatic heterocycles. The van der Waals surface area contributed by atoms with Crippen molar-refractivity contribution in [3.05, 3.63) is 0 Å². The number of ether oxygens (including phenoxy) is 1. The van der Waals surface area contributed by atoms with E-state index >= 15 is 0 Å². The van der Waals surface area contributed by atoms with Crippen molar-refractivity contribution in [3.8, 4) is 0 Å². The van der Waals surface area contributed by atoms with Gasteiger partial charge in [-0.15, -0.1) is 0 Å². The van der Waals surface area contributed by atoms with Crippen LogP contribution >= 0.6 is 11.6 Å². The van der Waals surface area contributed by atoms with E-state index in [0.29, 0.717) is 0 Å². The Hall–Kier alpha value is -0.770. The Balaban J connectivity index is 3.68. The first-order valence-corrected chi connectivity index (χ1v) is 3.84. The Labute approximate surface area is 76.2 Å². The number of alkyl carbamates (subject to hydrolysis) is 1. The van der Waals surface area contributed by atoms with E-state index in [0.717, 1.165) is 0 Å². The van der Waals surface area contributed by atoms with Crippen LogP contribution in [0, 0.1) is 0 Å². The summed E-state index contributed by atoms with van der Waals surface area (Å²) in [5, 5.41) is 1.57. The second kappa shape index (κ2) is 4.30. The molecule has 0 aromatic rings. The molecule has 0 aromatic heterocycles. The highest BCUT2D eigenvalue weighted by molar-refractivity contribution is 6.64. The molecule has 0 aliphatic carbocycles. The lowest BCUT2D eigenvalue weighted by Gasteiger charge is -2.19. The van der Waals surface area contributed by atoms with Crippen molar-refractivity contribution < 1.29 is 14.3 Å². The van der Waals surface area contributed by atoms with Gasteiger partial charge in [0.25, 0.3) is 0 Å². The molecule has 0 radical (unpaired) electrons. The van der Waals surface area contributed by atoms with Crippen LogP contribution in [0.15, 0.2) is 0 Å². The molecule has 1 N–H and O–H groups in total. The summed E-state index contributed by atoms with van der Waals surface area (Å²) in [4.78, 5) is 21.0. The molecule has 0 heterocycles. The monoisotopic (exact) mass is 193 g/mol. The van der Waals surface area contributed by atoms with Crippen molar-refractivity contribution in [2.45, 2.75) is 26.4 Å². The number of hydrogen-bond donors (Lipinski definition) is 1. The molecule has 4 nitrogen and oxygen atoms in total. The molecular weight excluding hydrogens is 182 g/mol. The number of rotatable bonds is 2. The fraction of sp³-hybridized carbons (Fsp3) is 0.714. The van der Waals surface area contributed by atoms with Crippen molar-refractivity contribution >= 4 is 22.9 Å². The van der Waals surface area contributed by atoms with Crippen LogP contribution in [-0.2, 0) is 9.53 Å². The first-order chi connectivity index (χ1) is 5.31. The number of hydrogen-bond acceptors (Lipinski definition) is 3. The SMILES string of the molecule is CC(C)(C)OC(=O)NCC(=O)Cl. The maximum atomic E-state index is 10.8.